The summed E-state index contributed by atoms with van der Waals surface area (Å²) in [6, 6.07) is 4.56. The summed E-state index contributed by atoms with van der Waals surface area (Å²) in [5.41, 5.74) is 11.5. The van der Waals surface area contributed by atoms with E-state index in [1.165, 1.54) is 12.1 Å². The lowest BCUT2D eigenvalue weighted by atomic mass is 10.1. The number of anilines is 1. The summed E-state index contributed by atoms with van der Waals surface area (Å²) in [5, 5.41) is 0. The summed E-state index contributed by atoms with van der Waals surface area (Å²) >= 11 is 0. The maximum Gasteiger partial charge on any atom is 0.260 e. The molecule has 1 heterocycles. The minimum absolute atomic E-state index is 0.0876. The van der Waals surface area contributed by atoms with E-state index in [9.17, 15) is 9.59 Å². The van der Waals surface area contributed by atoms with Crippen LogP contribution in [-0.4, -0.2) is 36.4 Å². The molecule has 0 saturated carbocycles. The Kier molecular flexibility index (Phi) is 3.89. The van der Waals surface area contributed by atoms with Gasteiger partial charge in [0.25, 0.3) is 11.8 Å². The normalized spacial score (nSPS) is 14.4. The van der Waals surface area contributed by atoms with Gasteiger partial charge in [-0.1, -0.05) is 0 Å². The van der Waals surface area contributed by atoms with E-state index in [0.717, 1.165) is 25.9 Å². The SMILES string of the molecule is NC(=O)c1ccc(N)cc1OCC(=O)N1CCCC1. The molecule has 2 amide bonds. The molecule has 1 aromatic rings. The number of nitrogens with two attached hydrogens (primary N) is 2. The van der Waals surface area contributed by atoms with Gasteiger partial charge in [-0.2, -0.15) is 0 Å². The first-order valence-corrected chi connectivity index (χ1v) is 6.18. The number of hydrogen-bond donors (Lipinski definition) is 2. The first-order valence-electron chi connectivity index (χ1n) is 6.18. The molecule has 0 bridgehead atoms. The van der Waals surface area contributed by atoms with Crippen LogP contribution in [0.25, 0.3) is 0 Å². The van der Waals surface area contributed by atoms with Crippen LogP contribution in [0.15, 0.2) is 18.2 Å². The fourth-order valence-corrected chi connectivity index (χ4v) is 2.06. The van der Waals surface area contributed by atoms with Crippen LogP contribution >= 0.6 is 0 Å². The third kappa shape index (κ3) is 3.15. The zero-order chi connectivity index (χ0) is 13.8. The molecule has 0 aliphatic carbocycles. The van der Waals surface area contributed by atoms with Gasteiger partial charge >= 0.3 is 0 Å². The average molecular weight is 263 g/mol. The molecule has 1 aromatic carbocycles. The van der Waals surface area contributed by atoms with E-state index in [2.05, 4.69) is 0 Å². The van der Waals surface area contributed by atoms with Gasteiger partial charge in [-0.25, -0.2) is 0 Å². The molecule has 1 fully saturated rings. The highest BCUT2D eigenvalue weighted by atomic mass is 16.5. The van der Waals surface area contributed by atoms with E-state index in [1.807, 2.05) is 0 Å². The smallest absolute Gasteiger partial charge is 0.260 e. The first kappa shape index (κ1) is 13.2. The van der Waals surface area contributed by atoms with Crippen LogP contribution in [0.5, 0.6) is 5.75 Å². The molecule has 4 N–H and O–H groups in total. The van der Waals surface area contributed by atoms with Crippen LogP contribution in [0.1, 0.15) is 23.2 Å². The summed E-state index contributed by atoms with van der Waals surface area (Å²) in [6.45, 7) is 1.42. The third-order valence-corrected chi connectivity index (χ3v) is 3.08. The molecule has 0 radical (unpaired) electrons. The summed E-state index contributed by atoms with van der Waals surface area (Å²) in [7, 11) is 0. The Hall–Kier alpha value is -2.24. The van der Waals surface area contributed by atoms with Gasteiger partial charge in [0.1, 0.15) is 5.75 Å². The molecule has 2 rings (SSSR count). The molecule has 19 heavy (non-hydrogen) atoms. The van der Waals surface area contributed by atoms with E-state index >= 15 is 0 Å². The Bertz CT molecular complexity index is 496. The highest BCUT2D eigenvalue weighted by Crippen LogP contribution is 2.21. The molecular formula is C13H17N3O3. The van der Waals surface area contributed by atoms with E-state index in [0.29, 0.717) is 5.69 Å². The Morgan fingerprint density at radius 3 is 2.58 bits per heavy atom. The second-order valence-corrected chi connectivity index (χ2v) is 4.50. The molecule has 6 heteroatoms. The molecule has 0 unspecified atom stereocenters. The van der Waals surface area contributed by atoms with Crippen LogP contribution in [0.3, 0.4) is 0 Å². The molecule has 6 nitrogen and oxygen atoms in total. The zero-order valence-electron chi connectivity index (χ0n) is 10.6. The number of likely N-dealkylation sites (tertiary alicyclic amines) is 1. The van der Waals surface area contributed by atoms with Gasteiger partial charge in [-0.05, 0) is 25.0 Å². The monoisotopic (exact) mass is 263 g/mol. The maximum atomic E-state index is 11.8. The number of primary amides is 1. The van der Waals surface area contributed by atoms with Crippen molar-refractivity contribution in [3.63, 3.8) is 0 Å². The molecule has 1 aliphatic rings. The fourth-order valence-electron chi connectivity index (χ4n) is 2.06. The zero-order valence-corrected chi connectivity index (χ0v) is 10.6. The van der Waals surface area contributed by atoms with Crippen molar-refractivity contribution >= 4 is 17.5 Å². The van der Waals surface area contributed by atoms with E-state index < -0.39 is 5.91 Å². The van der Waals surface area contributed by atoms with Gasteiger partial charge < -0.3 is 21.1 Å². The third-order valence-electron chi connectivity index (χ3n) is 3.08. The standard InChI is InChI=1S/C13H17N3O3/c14-9-3-4-10(13(15)18)11(7-9)19-8-12(17)16-5-1-2-6-16/h3-4,7H,1-2,5-6,8,14H2,(H2,15,18). The molecule has 0 atom stereocenters. The van der Waals surface area contributed by atoms with E-state index in [4.69, 9.17) is 16.2 Å². The van der Waals surface area contributed by atoms with Crippen LogP contribution in [-0.2, 0) is 4.79 Å². The highest BCUT2D eigenvalue weighted by Gasteiger charge is 2.19. The highest BCUT2D eigenvalue weighted by molar-refractivity contribution is 5.96. The lowest BCUT2D eigenvalue weighted by molar-refractivity contribution is -0.132. The number of ether oxygens (including phenoxy) is 1. The number of nitrogen functional groups attached to an aromatic ring is 1. The van der Waals surface area contributed by atoms with Crippen LogP contribution < -0.4 is 16.2 Å². The second kappa shape index (κ2) is 5.60. The van der Waals surface area contributed by atoms with E-state index in [1.54, 1.807) is 11.0 Å². The van der Waals surface area contributed by atoms with Gasteiger partial charge in [0, 0.05) is 24.8 Å². The lowest BCUT2D eigenvalue weighted by Gasteiger charge is -2.16. The molecule has 102 valence electrons. The topological polar surface area (TPSA) is 98.6 Å². The Morgan fingerprint density at radius 2 is 1.95 bits per heavy atom. The average Bonchev–Trinajstić information content (AvgIpc) is 2.89. The number of amides is 2. The largest absolute Gasteiger partial charge is 0.483 e. The number of carbonyl (C=O) groups is 2. The molecule has 0 aromatic heterocycles. The van der Waals surface area contributed by atoms with Crippen molar-refractivity contribution in [1.29, 1.82) is 0 Å². The van der Waals surface area contributed by atoms with Gasteiger partial charge in [0.2, 0.25) is 0 Å². The maximum absolute atomic E-state index is 11.8. The molecule has 1 saturated heterocycles. The van der Waals surface area contributed by atoms with Gasteiger partial charge in [0.05, 0.1) is 5.56 Å². The van der Waals surface area contributed by atoms with Crippen LogP contribution in [0, 0.1) is 0 Å². The van der Waals surface area contributed by atoms with Gasteiger partial charge in [-0.3, -0.25) is 9.59 Å². The summed E-state index contributed by atoms with van der Waals surface area (Å²) in [5.74, 6) is -0.445. The summed E-state index contributed by atoms with van der Waals surface area (Å²) in [6.07, 6.45) is 2.05. The van der Waals surface area contributed by atoms with Crippen molar-refractivity contribution in [2.75, 3.05) is 25.4 Å². The Balaban J connectivity index is 2.04. The number of benzene rings is 1. The van der Waals surface area contributed by atoms with Gasteiger partial charge in [-0.15, -0.1) is 0 Å². The fraction of sp³-hybridized carbons (Fsp3) is 0.385. The van der Waals surface area contributed by atoms with Crippen molar-refractivity contribution in [2.24, 2.45) is 5.73 Å². The Morgan fingerprint density at radius 1 is 1.26 bits per heavy atom. The predicted molar refractivity (Wildman–Crippen MR) is 70.7 cm³/mol. The van der Waals surface area contributed by atoms with Crippen molar-refractivity contribution in [3.05, 3.63) is 23.8 Å². The Labute approximate surface area is 111 Å². The van der Waals surface area contributed by atoms with Crippen molar-refractivity contribution < 1.29 is 14.3 Å². The second-order valence-electron chi connectivity index (χ2n) is 4.50. The van der Waals surface area contributed by atoms with Crippen molar-refractivity contribution in [1.82, 2.24) is 4.90 Å². The van der Waals surface area contributed by atoms with Crippen molar-refractivity contribution in [3.8, 4) is 5.75 Å². The number of hydrogen-bond acceptors (Lipinski definition) is 4. The minimum Gasteiger partial charge on any atom is -0.483 e. The molecule has 0 spiro atoms. The summed E-state index contributed by atoms with van der Waals surface area (Å²) < 4.78 is 5.38. The molecule has 1 aliphatic heterocycles. The minimum atomic E-state index is -0.608. The predicted octanol–water partition coefficient (Wildman–Crippen LogP) is 0.369. The van der Waals surface area contributed by atoms with Crippen LogP contribution in [0.4, 0.5) is 5.69 Å². The number of rotatable bonds is 4. The summed E-state index contributed by atoms with van der Waals surface area (Å²) in [4.78, 5) is 24.8. The van der Waals surface area contributed by atoms with Gasteiger partial charge in [0.15, 0.2) is 6.61 Å². The van der Waals surface area contributed by atoms with E-state index in [-0.39, 0.29) is 23.8 Å². The molecular weight excluding hydrogens is 246 g/mol. The first-order chi connectivity index (χ1) is 9.08. The quantitative estimate of drug-likeness (QED) is 0.766. The van der Waals surface area contributed by atoms with Crippen LogP contribution in [0.2, 0.25) is 0 Å². The lowest BCUT2D eigenvalue weighted by Crippen LogP contribution is -2.32. The number of nitrogens with zero attached hydrogens (tertiary/aromatic N) is 1. The number of carbonyl (C=O) groups excluding carboxylic acids is 2. The van der Waals surface area contributed by atoms with Crippen molar-refractivity contribution in [2.45, 2.75) is 12.8 Å².